The molecule has 23 heavy (non-hydrogen) atoms. The Morgan fingerprint density at radius 2 is 2.04 bits per heavy atom. The van der Waals surface area contributed by atoms with Crippen LogP contribution >= 0.6 is 0 Å². The second-order valence-electron chi connectivity index (χ2n) is 5.44. The first-order chi connectivity index (χ1) is 10.8. The van der Waals surface area contributed by atoms with E-state index in [1.807, 2.05) is 0 Å². The molecule has 2 N–H and O–H groups in total. The van der Waals surface area contributed by atoms with Crippen molar-refractivity contribution in [3.8, 4) is 5.75 Å². The fourth-order valence-electron chi connectivity index (χ4n) is 2.42. The molecular weight excluding hydrogens is 309 g/mol. The van der Waals surface area contributed by atoms with Gasteiger partial charge in [0, 0.05) is 19.1 Å². The van der Waals surface area contributed by atoms with E-state index in [1.54, 1.807) is 0 Å². The summed E-state index contributed by atoms with van der Waals surface area (Å²) < 4.78 is 44.1. The number of amides is 1. The van der Waals surface area contributed by atoms with Gasteiger partial charge in [0.2, 0.25) is 0 Å². The van der Waals surface area contributed by atoms with Crippen molar-refractivity contribution >= 4 is 5.91 Å². The molecule has 2 rings (SSSR count). The van der Waals surface area contributed by atoms with Crippen molar-refractivity contribution in [2.75, 3.05) is 19.7 Å². The SMILES string of the molecule is C=CCOc1ccc(C(F)(F)F)cc1C(=O)N1CCC(N)CC1. The van der Waals surface area contributed by atoms with E-state index in [1.165, 1.54) is 17.0 Å². The van der Waals surface area contributed by atoms with Crippen molar-refractivity contribution in [2.24, 2.45) is 5.73 Å². The third-order valence-electron chi connectivity index (χ3n) is 3.72. The zero-order valence-corrected chi connectivity index (χ0v) is 12.6. The second-order valence-corrected chi connectivity index (χ2v) is 5.44. The fourth-order valence-corrected chi connectivity index (χ4v) is 2.42. The lowest BCUT2D eigenvalue weighted by molar-refractivity contribution is -0.137. The van der Waals surface area contributed by atoms with Gasteiger partial charge in [-0.15, -0.1) is 0 Å². The van der Waals surface area contributed by atoms with Crippen LogP contribution in [-0.2, 0) is 6.18 Å². The highest BCUT2D eigenvalue weighted by Crippen LogP contribution is 2.33. The molecule has 1 aliphatic heterocycles. The molecule has 7 heteroatoms. The summed E-state index contributed by atoms with van der Waals surface area (Å²) in [7, 11) is 0. The first-order valence-corrected chi connectivity index (χ1v) is 7.32. The van der Waals surface area contributed by atoms with Gasteiger partial charge in [0.1, 0.15) is 12.4 Å². The molecule has 1 aromatic rings. The lowest BCUT2D eigenvalue weighted by Crippen LogP contribution is -2.43. The van der Waals surface area contributed by atoms with Crippen LogP contribution in [0.1, 0.15) is 28.8 Å². The predicted octanol–water partition coefficient (Wildman–Crippen LogP) is 2.83. The van der Waals surface area contributed by atoms with E-state index in [9.17, 15) is 18.0 Å². The van der Waals surface area contributed by atoms with E-state index in [2.05, 4.69) is 6.58 Å². The summed E-state index contributed by atoms with van der Waals surface area (Å²) in [5.41, 5.74) is 4.83. The lowest BCUT2D eigenvalue weighted by atomic mass is 10.0. The highest BCUT2D eigenvalue weighted by Gasteiger charge is 2.33. The quantitative estimate of drug-likeness (QED) is 0.865. The van der Waals surface area contributed by atoms with E-state index in [-0.39, 0.29) is 24.0 Å². The molecule has 1 heterocycles. The number of likely N-dealkylation sites (tertiary alicyclic amines) is 1. The number of carbonyl (C=O) groups excluding carboxylic acids is 1. The number of benzene rings is 1. The summed E-state index contributed by atoms with van der Waals surface area (Å²) >= 11 is 0. The Balaban J connectivity index is 2.31. The van der Waals surface area contributed by atoms with Gasteiger partial charge < -0.3 is 15.4 Å². The molecular formula is C16H19F3N2O2. The summed E-state index contributed by atoms with van der Waals surface area (Å²) in [4.78, 5) is 14.1. The number of carbonyl (C=O) groups is 1. The van der Waals surface area contributed by atoms with Gasteiger partial charge in [-0.3, -0.25) is 4.79 Å². The maximum absolute atomic E-state index is 12.9. The molecule has 126 valence electrons. The number of piperidine rings is 1. The number of halogens is 3. The van der Waals surface area contributed by atoms with E-state index < -0.39 is 17.6 Å². The van der Waals surface area contributed by atoms with E-state index in [4.69, 9.17) is 10.5 Å². The van der Waals surface area contributed by atoms with Crippen LogP contribution in [0.4, 0.5) is 13.2 Å². The largest absolute Gasteiger partial charge is 0.489 e. The van der Waals surface area contributed by atoms with Crippen molar-refractivity contribution < 1.29 is 22.7 Å². The molecule has 0 bridgehead atoms. The van der Waals surface area contributed by atoms with Crippen LogP contribution in [0, 0.1) is 0 Å². The third kappa shape index (κ3) is 4.25. The van der Waals surface area contributed by atoms with Gasteiger partial charge in [-0.1, -0.05) is 12.7 Å². The molecule has 1 saturated heterocycles. The molecule has 1 aromatic carbocycles. The topological polar surface area (TPSA) is 55.6 Å². The minimum atomic E-state index is -4.52. The molecule has 0 spiro atoms. The number of ether oxygens (including phenoxy) is 1. The van der Waals surface area contributed by atoms with Crippen molar-refractivity contribution in [2.45, 2.75) is 25.1 Å². The van der Waals surface area contributed by atoms with Crippen LogP contribution in [0.25, 0.3) is 0 Å². The van der Waals surface area contributed by atoms with Gasteiger partial charge in [0.15, 0.2) is 0 Å². The number of hydrogen-bond donors (Lipinski definition) is 1. The smallest absolute Gasteiger partial charge is 0.416 e. The van der Waals surface area contributed by atoms with Gasteiger partial charge in [0.05, 0.1) is 11.1 Å². The monoisotopic (exact) mass is 328 g/mol. The first kappa shape index (κ1) is 17.3. The minimum Gasteiger partial charge on any atom is -0.489 e. The van der Waals surface area contributed by atoms with E-state index in [0.717, 1.165) is 12.1 Å². The Bertz CT molecular complexity index is 579. The molecule has 0 saturated carbocycles. The predicted molar refractivity (Wildman–Crippen MR) is 80.2 cm³/mol. The summed E-state index contributed by atoms with van der Waals surface area (Å²) in [5, 5.41) is 0. The number of alkyl halides is 3. The van der Waals surface area contributed by atoms with Crippen LogP contribution in [0.2, 0.25) is 0 Å². The molecule has 0 aliphatic carbocycles. The Kier molecular flexibility index (Phi) is 5.30. The van der Waals surface area contributed by atoms with Crippen LogP contribution in [0.15, 0.2) is 30.9 Å². The second kappa shape index (κ2) is 7.04. The molecule has 0 radical (unpaired) electrons. The number of hydrogen-bond acceptors (Lipinski definition) is 3. The molecule has 1 aliphatic rings. The Morgan fingerprint density at radius 1 is 1.39 bits per heavy atom. The highest BCUT2D eigenvalue weighted by molar-refractivity contribution is 5.97. The molecule has 1 amide bonds. The van der Waals surface area contributed by atoms with Gasteiger partial charge in [-0.05, 0) is 31.0 Å². The zero-order chi connectivity index (χ0) is 17.0. The first-order valence-electron chi connectivity index (χ1n) is 7.32. The normalized spacial score (nSPS) is 16.3. The summed E-state index contributed by atoms with van der Waals surface area (Å²) in [6.45, 7) is 4.45. The zero-order valence-electron chi connectivity index (χ0n) is 12.6. The van der Waals surface area contributed by atoms with Crippen molar-refractivity contribution in [1.29, 1.82) is 0 Å². The summed E-state index contributed by atoms with van der Waals surface area (Å²) in [6.07, 6.45) is -1.79. The average Bonchev–Trinajstić information content (AvgIpc) is 2.52. The molecule has 0 aromatic heterocycles. The van der Waals surface area contributed by atoms with E-state index >= 15 is 0 Å². The number of nitrogens with two attached hydrogens (primary N) is 1. The summed E-state index contributed by atoms with van der Waals surface area (Å²) in [5.74, 6) is -0.347. The van der Waals surface area contributed by atoms with Gasteiger partial charge in [-0.2, -0.15) is 13.2 Å². The van der Waals surface area contributed by atoms with Crippen molar-refractivity contribution in [1.82, 2.24) is 4.90 Å². The van der Waals surface area contributed by atoms with Crippen molar-refractivity contribution in [3.05, 3.63) is 42.0 Å². The van der Waals surface area contributed by atoms with Gasteiger partial charge in [-0.25, -0.2) is 0 Å². The Morgan fingerprint density at radius 3 is 2.61 bits per heavy atom. The van der Waals surface area contributed by atoms with Crippen LogP contribution < -0.4 is 10.5 Å². The highest BCUT2D eigenvalue weighted by atomic mass is 19.4. The number of nitrogens with zero attached hydrogens (tertiary/aromatic N) is 1. The van der Waals surface area contributed by atoms with Gasteiger partial charge in [0.25, 0.3) is 5.91 Å². The van der Waals surface area contributed by atoms with Crippen LogP contribution in [0.3, 0.4) is 0 Å². The molecule has 4 nitrogen and oxygen atoms in total. The van der Waals surface area contributed by atoms with Gasteiger partial charge >= 0.3 is 6.18 Å². The maximum atomic E-state index is 12.9. The summed E-state index contributed by atoms with van der Waals surface area (Å²) in [6, 6.07) is 2.95. The van der Waals surface area contributed by atoms with Crippen LogP contribution in [-0.4, -0.2) is 36.5 Å². The Labute approximate surface area is 132 Å². The third-order valence-corrected chi connectivity index (χ3v) is 3.72. The average molecular weight is 328 g/mol. The van der Waals surface area contributed by atoms with E-state index in [0.29, 0.717) is 25.9 Å². The minimum absolute atomic E-state index is 0.0250. The standard InChI is InChI=1S/C16H19F3N2O2/c1-2-9-23-14-4-3-11(16(17,18)19)10-13(14)15(22)21-7-5-12(20)6-8-21/h2-4,10,12H,1,5-9,20H2. The molecule has 1 fully saturated rings. The Hall–Kier alpha value is -2.02. The number of rotatable bonds is 4. The molecule has 0 atom stereocenters. The maximum Gasteiger partial charge on any atom is 0.416 e. The lowest BCUT2D eigenvalue weighted by Gasteiger charge is -2.30. The fraction of sp³-hybridized carbons (Fsp3) is 0.438. The van der Waals surface area contributed by atoms with Crippen molar-refractivity contribution in [3.63, 3.8) is 0 Å². The van der Waals surface area contributed by atoms with Crippen LogP contribution in [0.5, 0.6) is 5.75 Å². The molecule has 0 unspecified atom stereocenters.